The molecule has 0 aliphatic carbocycles. The molecule has 1 atom stereocenters. The van der Waals surface area contributed by atoms with Crippen LogP contribution in [0.2, 0.25) is 0 Å². The van der Waals surface area contributed by atoms with Crippen LogP contribution in [0.5, 0.6) is 0 Å². The largest absolute Gasteiger partial charge is 0.351 e. The molecule has 2 aliphatic rings. The zero-order chi connectivity index (χ0) is 17.5. The number of rotatable bonds is 7. The van der Waals surface area contributed by atoms with E-state index in [9.17, 15) is 4.79 Å². The van der Waals surface area contributed by atoms with Gasteiger partial charge in [-0.3, -0.25) is 9.48 Å². The lowest BCUT2D eigenvalue weighted by atomic mass is 10.1. The molecule has 7 nitrogen and oxygen atoms in total. The number of carbonyl (C=O) groups excluding carboxylic acids is 1. The van der Waals surface area contributed by atoms with Gasteiger partial charge in [0.2, 0.25) is 0 Å². The average molecular weight is 348 g/mol. The predicted molar refractivity (Wildman–Crippen MR) is 98.9 cm³/mol. The Kier molecular flexibility index (Phi) is 6.84. The molecule has 2 saturated heterocycles. The van der Waals surface area contributed by atoms with Gasteiger partial charge in [-0.1, -0.05) is 6.92 Å². The van der Waals surface area contributed by atoms with Crippen LogP contribution in [0, 0.1) is 0 Å². The number of piperidine rings is 1. The second-order valence-corrected chi connectivity index (χ2v) is 7.07. The molecule has 0 aromatic carbocycles. The van der Waals surface area contributed by atoms with Crippen molar-refractivity contribution < 1.29 is 4.79 Å². The van der Waals surface area contributed by atoms with E-state index in [-0.39, 0.29) is 5.91 Å². The maximum atomic E-state index is 12.3. The SMILES string of the molecule is CCN1CCN(CCCNC(=O)c2ccn(C3CCCNC3)n2)CC1. The zero-order valence-electron chi connectivity index (χ0n) is 15.4. The molecule has 2 fully saturated rings. The maximum Gasteiger partial charge on any atom is 0.271 e. The third-order valence-corrected chi connectivity index (χ3v) is 5.33. The molecule has 3 rings (SSSR count). The number of likely N-dealkylation sites (N-methyl/N-ethyl adjacent to an activating group) is 1. The van der Waals surface area contributed by atoms with Crippen molar-refractivity contribution in [2.75, 3.05) is 58.9 Å². The summed E-state index contributed by atoms with van der Waals surface area (Å²) in [6, 6.07) is 2.20. The van der Waals surface area contributed by atoms with E-state index < -0.39 is 0 Å². The summed E-state index contributed by atoms with van der Waals surface area (Å²) in [5, 5.41) is 10.9. The van der Waals surface area contributed by atoms with Crippen molar-refractivity contribution >= 4 is 5.91 Å². The van der Waals surface area contributed by atoms with E-state index in [0.717, 1.165) is 65.2 Å². The molecule has 0 bridgehead atoms. The Hall–Kier alpha value is -1.44. The maximum absolute atomic E-state index is 12.3. The molecule has 3 heterocycles. The van der Waals surface area contributed by atoms with Crippen LogP contribution >= 0.6 is 0 Å². The van der Waals surface area contributed by atoms with E-state index >= 15 is 0 Å². The molecular weight excluding hydrogens is 316 g/mol. The monoisotopic (exact) mass is 348 g/mol. The van der Waals surface area contributed by atoms with E-state index in [0.29, 0.717) is 18.3 Å². The van der Waals surface area contributed by atoms with Gasteiger partial charge < -0.3 is 20.4 Å². The van der Waals surface area contributed by atoms with E-state index in [1.165, 1.54) is 6.42 Å². The first-order valence-corrected chi connectivity index (χ1v) is 9.75. The second kappa shape index (κ2) is 9.31. The molecular formula is C18H32N6O. The van der Waals surface area contributed by atoms with Crippen LogP contribution < -0.4 is 10.6 Å². The van der Waals surface area contributed by atoms with Gasteiger partial charge in [0.1, 0.15) is 5.69 Å². The molecule has 1 aromatic rings. The standard InChI is InChI=1S/C18H32N6O/c1-2-22-11-13-23(14-12-22)9-4-8-20-18(25)17-6-10-24(21-17)16-5-3-7-19-15-16/h6,10,16,19H,2-5,7-9,11-15H2,1H3,(H,20,25). The van der Waals surface area contributed by atoms with E-state index in [1.807, 2.05) is 16.9 Å². The summed E-state index contributed by atoms with van der Waals surface area (Å²) in [6.07, 6.45) is 5.21. The molecule has 7 heteroatoms. The molecule has 1 aromatic heterocycles. The number of nitrogens with one attached hydrogen (secondary N) is 2. The molecule has 25 heavy (non-hydrogen) atoms. The van der Waals surface area contributed by atoms with Gasteiger partial charge in [0.15, 0.2) is 0 Å². The minimum Gasteiger partial charge on any atom is -0.351 e. The minimum atomic E-state index is -0.0571. The van der Waals surface area contributed by atoms with Crippen molar-refractivity contribution in [2.45, 2.75) is 32.2 Å². The van der Waals surface area contributed by atoms with Gasteiger partial charge in [0.05, 0.1) is 6.04 Å². The molecule has 2 aliphatic heterocycles. The molecule has 1 unspecified atom stereocenters. The fourth-order valence-corrected chi connectivity index (χ4v) is 3.65. The Balaban J connectivity index is 1.35. The van der Waals surface area contributed by atoms with Crippen molar-refractivity contribution in [1.29, 1.82) is 0 Å². The summed E-state index contributed by atoms with van der Waals surface area (Å²) in [5.41, 5.74) is 0.530. The van der Waals surface area contributed by atoms with Crippen molar-refractivity contribution in [1.82, 2.24) is 30.2 Å². The number of carbonyl (C=O) groups is 1. The van der Waals surface area contributed by atoms with E-state index in [2.05, 4.69) is 32.5 Å². The van der Waals surface area contributed by atoms with Crippen LogP contribution in [0.15, 0.2) is 12.3 Å². The summed E-state index contributed by atoms with van der Waals surface area (Å²) in [7, 11) is 0. The van der Waals surface area contributed by atoms with E-state index in [4.69, 9.17) is 0 Å². The quantitative estimate of drug-likeness (QED) is 0.705. The summed E-state index contributed by atoms with van der Waals surface area (Å²) in [6.45, 7) is 11.8. The van der Waals surface area contributed by atoms with Gasteiger partial charge in [0, 0.05) is 45.5 Å². The minimum absolute atomic E-state index is 0.0571. The zero-order valence-corrected chi connectivity index (χ0v) is 15.4. The molecule has 0 radical (unpaired) electrons. The summed E-state index contributed by atoms with van der Waals surface area (Å²) < 4.78 is 1.94. The summed E-state index contributed by atoms with van der Waals surface area (Å²) in [4.78, 5) is 17.2. The normalized spacial score (nSPS) is 22.8. The Morgan fingerprint density at radius 1 is 1.32 bits per heavy atom. The molecule has 140 valence electrons. The highest BCUT2D eigenvalue weighted by molar-refractivity contribution is 5.92. The second-order valence-electron chi connectivity index (χ2n) is 7.07. The first-order chi connectivity index (χ1) is 12.3. The molecule has 0 saturated carbocycles. The fraction of sp³-hybridized carbons (Fsp3) is 0.778. The Morgan fingerprint density at radius 3 is 2.84 bits per heavy atom. The van der Waals surface area contributed by atoms with Gasteiger partial charge in [-0.2, -0.15) is 5.10 Å². The van der Waals surface area contributed by atoms with Gasteiger partial charge >= 0.3 is 0 Å². The highest BCUT2D eigenvalue weighted by Gasteiger charge is 2.18. The first-order valence-electron chi connectivity index (χ1n) is 9.75. The lowest BCUT2D eigenvalue weighted by molar-refractivity contribution is 0.0942. The van der Waals surface area contributed by atoms with Crippen molar-refractivity contribution in [2.24, 2.45) is 0 Å². The number of aromatic nitrogens is 2. The Bertz CT molecular complexity index is 531. The highest BCUT2D eigenvalue weighted by atomic mass is 16.1. The fourth-order valence-electron chi connectivity index (χ4n) is 3.65. The Morgan fingerprint density at radius 2 is 2.12 bits per heavy atom. The lowest BCUT2D eigenvalue weighted by Gasteiger charge is -2.33. The highest BCUT2D eigenvalue weighted by Crippen LogP contribution is 2.15. The number of hydrogen-bond acceptors (Lipinski definition) is 5. The van der Waals surface area contributed by atoms with Crippen molar-refractivity contribution in [3.05, 3.63) is 18.0 Å². The van der Waals surface area contributed by atoms with Crippen LogP contribution in [-0.2, 0) is 0 Å². The number of piperazine rings is 1. The van der Waals surface area contributed by atoms with Gasteiger partial charge in [0.25, 0.3) is 5.91 Å². The number of hydrogen-bond donors (Lipinski definition) is 2. The van der Waals surface area contributed by atoms with Gasteiger partial charge in [-0.25, -0.2) is 0 Å². The number of amides is 1. The van der Waals surface area contributed by atoms with Crippen LogP contribution in [-0.4, -0.2) is 84.4 Å². The van der Waals surface area contributed by atoms with E-state index in [1.54, 1.807) is 0 Å². The first kappa shape index (κ1) is 18.4. The van der Waals surface area contributed by atoms with Gasteiger partial charge in [-0.15, -0.1) is 0 Å². The third kappa shape index (κ3) is 5.26. The molecule has 0 spiro atoms. The van der Waals surface area contributed by atoms with Crippen molar-refractivity contribution in [3.63, 3.8) is 0 Å². The lowest BCUT2D eigenvalue weighted by Crippen LogP contribution is -2.46. The molecule has 1 amide bonds. The average Bonchev–Trinajstić information content (AvgIpc) is 3.16. The van der Waals surface area contributed by atoms with Crippen LogP contribution in [0.4, 0.5) is 0 Å². The van der Waals surface area contributed by atoms with Crippen molar-refractivity contribution in [3.8, 4) is 0 Å². The van der Waals surface area contributed by atoms with Crippen LogP contribution in [0.3, 0.4) is 0 Å². The summed E-state index contributed by atoms with van der Waals surface area (Å²) in [5.74, 6) is -0.0571. The van der Waals surface area contributed by atoms with Gasteiger partial charge in [-0.05, 0) is 45.0 Å². The summed E-state index contributed by atoms with van der Waals surface area (Å²) >= 11 is 0. The van der Waals surface area contributed by atoms with Crippen LogP contribution in [0.1, 0.15) is 42.7 Å². The number of nitrogens with zero attached hydrogens (tertiary/aromatic N) is 4. The smallest absolute Gasteiger partial charge is 0.271 e. The Labute approximate surface area is 150 Å². The topological polar surface area (TPSA) is 65.4 Å². The third-order valence-electron chi connectivity index (χ3n) is 5.33. The predicted octanol–water partition coefficient (Wildman–Crippen LogP) is 0.565. The van der Waals surface area contributed by atoms with Crippen LogP contribution in [0.25, 0.3) is 0 Å². The molecule has 2 N–H and O–H groups in total.